The molecule has 0 fully saturated rings. The Kier molecular flexibility index (Phi) is 17.2. The fourth-order valence-electron chi connectivity index (χ4n) is 5.39. The van der Waals surface area contributed by atoms with Crippen molar-refractivity contribution in [2.24, 2.45) is 0 Å². The fourth-order valence-corrected chi connectivity index (χ4v) is 5.39. The molecule has 4 amide bonds. The van der Waals surface area contributed by atoms with Gasteiger partial charge >= 0.3 is 23.4 Å². The second-order valence-electron chi connectivity index (χ2n) is 14.4. The molecule has 2 heterocycles. The molecule has 0 aliphatic heterocycles. The zero-order chi connectivity index (χ0) is 42.1. The van der Waals surface area contributed by atoms with Crippen LogP contribution in [0.5, 0.6) is 0 Å². The standard InChI is InChI=1S/C38H52N8O11/c1-24-19-45(35(53)43-31(24)49)21-29(47)41-27(15-9-12-18-40-37(55)57-38(3,4)5)33(51)39-17-11-10-16-28(34(52)56-23-26-13-7-6-8-14-26)42-30(48)22-46-20-25(2)32(50)44-36(46)54/h6-8,13-14,19-20,27-28H,9-12,15-18,21-23H2,1-5H3,(H,39,51)(H,40,55)(H,41,47)(H,42,48)(H,43,49,53)(H,44,50,54)/t27-,28-/m0/s1. The SMILES string of the molecule is Cc1cn(CC(=O)N[C@@H](CCCCNC(=O)OC(C)(C)C)C(=O)NCCCC[C@H](NC(=O)Cn2cc(C)c(=O)[nH]c2=O)C(=O)OCc2ccccc2)c(=O)[nH]c1=O. The van der Waals surface area contributed by atoms with Crippen LogP contribution in [0.1, 0.15) is 76.0 Å². The number of aromatic amines is 2. The molecule has 3 rings (SSSR count). The van der Waals surface area contributed by atoms with E-state index < -0.39 is 83.1 Å². The Bertz CT molecular complexity index is 2100. The third kappa shape index (κ3) is 16.2. The summed E-state index contributed by atoms with van der Waals surface area (Å²) >= 11 is 0. The van der Waals surface area contributed by atoms with Crippen molar-refractivity contribution in [3.05, 3.63) is 101 Å². The van der Waals surface area contributed by atoms with Gasteiger partial charge in [-0.25, -0.2) is 19.2 Å². The lowest BCUT2D eigenvalue weighted by molar-refractivity contribution is -0.149. The van der Waals surface area contributed by atoms with E-state index in [1.54, 1.807) is 45.0 Å². The minimum absolute atomic E-state index is 0.0404. The highest BCUT2D eigenvalue weighted by molar-refractivity contribution is 5.87. The van der Waals surface area contributed by atoms with Gasteiger partial charge in [0.25, 0.3) is 11.1 Å². The maximum absolute atomic E-state index is 13.3. The molecule has 0 aliphatic rings. The minimum atomic E-state index is -1.10. The molecule has 0 bridgehead atoms. The normalized spacial score (nSPS) is 12.2. The average molecular weight is 797 g/mol. The number of nitrogens with one attached hydrogen (secondary N) is 6. The van der Waals surface area contributed by atoms with E-state index in [-0.39, 0.29) is 43.7 Å². The second-order valence-corrected chi connectivity index (χ2v) is 14.4. The predicted molar refractivity (Wildman–Crippen MR) is 207 cm³/mol. The lowest BCUT2D eigenvalue weighted by Crippen LogP contribution is -2.48. The van der Waals surface area contributed by atoms with E-state index in [1.165, 1.54) is 26.2 Å². The molecule has 19 heteroatoms. The van der Waals surface area contributed by atoms with Crippen molar-refractivity contribution in [3.8, 4) is 0 Å². The van der Waals surface area contributed by atoms with Gasteiger partial charge in [-0.05, 0) is 78.7 Å². The first-order chi connectivity index (χ1) is 26.9. The quantitative estimate of drug-likeness (QED) is 0.0674. The van der Waals surface area contributed by atoms with Crippen LogP contribution in [0.4, 0.5) is 4.79 Å². The Hall–Kier alpha value is -6.27. The predicted octanol–water partition coefficient (Wildman–Crippen LogP) is 0.398. The van der Waals surface area contributed by atoms with Crippen molar-refractivity contribution < 1.29 is 33.4 Å². The molecule has 0 saturated heterocycles. The Morgan fingerprint density at radius 3 is 1.72 bits per heavy atom. The van der Waals surface area contributed by atoms with Gasteiger partial charge in [-0.15, -0.1) is 0 Å². The molecule has 0 spiro atoms. The van der Waals surface area contributed by atoms with E-state index >= 15 is 0 Å². The molecule has 0 saturated carbocycles. The highest BCUT2D eigenvalue weighted by atomic mass is 16.6. The molecule has 310 valence electrons. The van der Waals surface area contributed by atoms with Gasteiger partial charge in [-0.1, -0.05) is 30.3 Å². The van der Waals surface area contributed by atoms with E-state index in [0.717, 1.165) is 14.7 Å². The Balaban J connectivity index is 1.60. The maximum Gasteiger partial charge on any atom is 0.407 e. The summed E-state index contributed by atoms with van der Waals surface area (Å²) < 4.78 is 12.7. The number of aromatic nitrogens is 4. The van der Waals surface area contributed by atoms with Crippen LogP contribution < -0.4 is 43.8 Å². The van der Waals surface area contributed by atoms with Crippen LogP contribution in [0, 0.1) is 13.8 Å². The smallest absolute Gasteiger partial charge is 0.407 e. The molecule has 57 heavy (non-hydrogen) atoms. The van der Waals surface area contributed by atoms with Gasteiger partial charge in [0, 0.05) is 36.6 Å². The van der Waals surface area contributed by atoms with Crippen LogP contribution in [0.3, 0.4) is 0 Å². The highest BCUT2D eigenvalue weighted by Crippen LogP contribution is 2.09. The van der Waals surface area contributed by atoms with Crippen LogP contribution in [-0.2, 0) is 48.3 Å². The van der Waals surface area contributed by atoms with Crippen LogP contribution in [0.25, 0.3) is 0 Å². The van der Waals surface area contributed by atoms with Gasteiger partial charge in [0.2, 0.25) is 17.7 Å². The number of amides is 4. The van der Waals surface area contributed by atoms with E-state index in [4.69, 9.17) is 9.47 Å². The largest absolute Gasteiger partial charge is 0.459 e. The number of hydrogen-bond donors (Lipinski definition) is 6. The second kappa shape index (κ2) is 21.7. The number of H-pyrrole nitrogens is 2. The molecule has 1 aromatic carbocycles. The topological polar surface area (TPSA) is 262 Å². The number of alkyl carbamates (subject to hydrolysis) is 1. The van der Waals surface area contributed by atoms with Crippen molar-refractivity contribution in [1.82, 2.24) is 40.4 Å². The summed E-state index contributed by atoms with van der Waals surface area (Å²) in [4.78, 5) is 117. The van der Waals surface area contributed by atoms with Gasteiger partial charge in [0.1, 0.15) is 37.4 Å². The summed E-state index contributed by atoms with van der Waals surface area (Å²) in [6, 6.07) is 6.82. The van der Waals surface area contributed by atoms with Crippen LogP contribution in [-0.4, -0.2) is 79.7 Å². The molecule has 0 aliphatic carbocycles. The molecular formula is C38H52N8O11. The Labute approximate surface area is 327 Å². The number of benzene rings is 1. The Morgan fingerprint density at radius 1 is 0.702 bits per heavy atom. The van der Waals surface area contributed by atoms with Crippen molar-refractivity contribution in [2.45, 2.75) is 111 Å². The monoisotopic (exact) mass is 796 g/mol. The number of carbonyl (C=O) groups is 5. The van der Waals surface area contributed by atoms with Crippen LogP contribution in [0.15, 0.2) is 61.9 Å². The number of ether oxygens (including phenoxy) is 2. The van der Waals surface area contributed by atoms with Crippen molar-refractivity contribution >= 4 is 29.8 Å². The van der Waals surface area contributed by atoms with E-state index in [9.17, 15) is 43.2 Å². The molecular weight excluding hydrogens is 744 g/mol. The molecule has 0 unspecified atom stereocenters. The van der Waals surface area contributed by atoms with Gasteiger partial charge < -0.3 is 30.7 Å². The molecule has 6 N–H and O–H groups in total. The number of esters is 1. The minimum Gasteiger partial charge on any atom is -0.459 e. The Morgan fingerprint density at radius 2 is 1.19 bits per heavy atom. The number of aryl methyl sites for hydroxylation is 2. The summed E-state index contributed by atoms with van der Waals surface area (Å²) in [5, 5.41) is 10.7. The number of rotatable bonds is 20. The lowest BCUT2D eigenvalue weighted by atomic mass is 10.1. The van der Waals surface area contributed by atoms with Crippen LogP contribution in [0.2, 0.25) is 0 Å². The zero-order valence-electron chi connectivity index (χ0n) is 32.9. The van der Waals surface area contributed by atoms with Gasteiger partial charge in [0.15, 0.2) is 0 Å². The van der Waals surface area contributed by atoms with E-state index in [0.29, 0.717) is 25.7 Å². The fraction of sp³-hybridized carbons (Fsp3) is 0.500. The first kappa shape index (κ1) is 45.1. The highest BCUT2D eigenvalue weighted by Gasteiger charge is 2.24. The molecule has 3 aromatic rings. The maximum atomic E-state index is 13.3. The third-order valence-electron chi connectivity index (χ3n) is 8.31. The van der Waals surface area contributed by atoms with Crippen LogP contribution >= 0.6 is 0 Å². The molecule has 19 nitrogen and oxygen atoms in total. The van der Waals surface area contributed by atoms with Crippen molar-refractivity contribution in [1.29, 1.82) is 0 Å². The summed E-state index contributed by atoms with van der Waals surface area (Å²) in [7, 11) is 0. The van der Waals surface area contributed by atoms with Crippen molar-refractivity contribution in [2.75, 3.05) is 13.1 Å². The molecule has 2 atom stereocenters. The molecule has 2 aromatic heterocycles. The number of nitrogens with zero attached hydrogens (tertiary/aromatic N) is 2. The first-order valence-corrected chi connectivity index (χ1v) is 18.6. The van der Waals surface area contributed by atoms with Gasteiger partial charge in [0.05, 0.1) is 0 Å². The van der Waals surface area contributed by atoms with E-state index in [2.05, 4.69) is 31.2 Å². The summed E-state index contributed by atoms with van der Waals surface area (Å²) in [5.41, 5.74) is -2.22. The van der Waals surface area contributed by atoms with Crippen molar-refractivity contribution in [3.63, 3.8) is 0 Å². The average Bonchev–Trinajstić information content (AvgIpc) is 3.13. The summed E-state index contributed by atoms with van der Waals surface area (Å²) in [6.07, 6.45) is 3.78. The lowest BCUT2D eigenvalue weighted by Gasteiger charge is -2.20. The number of carbonyl (C=O) groups excluding carboxylic acids is 5. The number of unbranched alkanes of at least 4 members (excludes halogenated alkanes) is 2. The molecule has 0 radical (unpaired) electrons. The number of hydrogen-bond acceptors (Lipinski definition) is 11. The first-order valence-electron chi connectivity index (χ1n) is 18.6. The van der Waals surface area contributed by atoms with Gasteiger partial charge in [-0.3, -0.25) is 43.1 Å². The van der Waals surface area contributed by atoms with Gasteiger partial charge in [-0.2, -0.15) is 0 Å². The third-order valence-corrected chi connectivity index (χ3v) is 8.31. The van der Waals surface area contributed by atoms with E-state index in [1.807, 2.05) is 6.07 Å². The summed E-state index contributed by atoms with van der Waals surface area (Å²) in [5.74, 6) is -2.54. The summed E-state index contributed by atoms with van der Waals surface area (Å²) in [6.45, 7) is 7.62. The zero-order valence-corrected chi connectivity index (χ0v) is 32.9.